The molecule has 0 unspecified atom stereocenters. The van der Waals surface area contributed by atoms with Crippen LogP contribution in [0.25, 0.3) is 0 Å². The van der Waals surface area contributed by atoms with E-state index >= 15 is 0 Å². The zero-order valence-electron chi connectivity index (χ0n) is 10.0. The first kappa shape index (κ1) is 13.0. The van der Waals surface area contributed by atoms with Gasteiger partial charge in [0.15, 0.2) is 0 Å². The van der Waals surface area contributed by atoms with Crippen LogP contribution in [-0.2, 0) is 10.0 Å². The van der Waals surface area contributed by atoms with Gasteiger partial charge in [0.1, 0.15) is 0 Å². The minimum absolute atomic E-state index is 0.0723. The minimum Gasteiger partial charge on any atom is -0.478 e. The molecule has 2 N–H and O–H groups in total. The Hall–Kier alpha value is -1.40. The van der Waals surface area contributed by atoms with Gasteiger partial charge in [0.2, 0.25) is 10.0 Å². The van der Waals surface area contributed by atoms with E-state index in [0.29, 0.717) is 6.54 Å². The number of aromatic carboxylic acids is 1. The number of sulfonamides is 1. The van der Waals surface area contributed by atoms with E-state index in [1.54, 1.807) is 0 Å². The summed E-state index contributed by atoms with van der Waals surface area (Å²) in [5.41, 5.74) is 0.164. The molecule has 1 saturated carbocycles. The normalized spacial score (nSPS) is 17.4. The van der Waals surface area contributed by atoms with Gasteiger partial charge < -0.3 is 5.11 Å². The van der Waals surface area contributed by atoms with Crippen molar-refractivity contribution in [2.75, 3.05) is 6.54 Å². The number of carboxylic acid groups (broad SMARTS) is 1. The van der Waals surface area contributed by atoms with Crippen molar-refractivity contribution in [2.24, 2.45) is 5.41 Å². The molecule has 0 spiro atoms. The summed E-state index contributed by atoms with van der Waals surface area (Å²) in [4.78, 5) is 10.8. The lowest BCUT2D eigenvalue weighted by atomic mass is 10.2. The molecule has 6 heteroatoms. The van der Waals surface area contributed by atoms with Crippen LogP contribution in [0, 0.1) is 5.41 Å². The lowest BCUT2D eigenvalue weighted by molar-refractivity contribution is 0.0697. The predicted molar refractivity (Wildman–Crippen MR) is 65.9 cm³/mol. The number of carbonyl (C=O) groups is 1. The molecule has 0 aliphatic heterocycles. The number of nitrogens with one attached hydrogen (secondary N) is 1. The van der Waals surface area contributed by atoms with Crippen molar-refractivity contribution in [3.05, 3.63) is 29.8 Å². The molecular formula is C12H15NO4S. The van der Waals surface area contributed by atoms with Gasteiger partial charge in [-0.2, -0.15) is 0 Å². The maximum atomic E-state index is 11.9. The Balaban J connectivity index is 2.11. The molecule has 1 aliphatic rings. The first-order valence-electron chi connectivity index (χ1n) is 5.65. The van der Waals surface area contributed by atoms with Gasteiger partial charge in [0.25, 0.3) is 0 Å². The third-order valence-electron chi connectivity index (χ3n) is 3.20. The van der Waals surface area contributed by atoms with Gasteiger partial charge in [0, 0.05) is 6.54 Å². The molecule has 18 heavy (non-hydrogen) atoms. The fraction of sp³-hybridized carbons (Fsp3) is 0.417. The standard InChI is InChI=1S/C12H15NO4S/c1-12(6-7-12)8-13-18(16,17)10-4-2-9(3-5-10)11(14)15/h2-5,13H,6-8H2,1H3,(H,14,15). The largest absolute Gasteiger partial charge is 0.478 e. The van der Waals surface area contributed by atoms with Gasteiger partial charge in [-0.15, -0.1) is 0 Å². The highest BCUT2D eigenvalue weighted by Gasteiger charge is 2.38. The summed E-state index contributed by atoms with van der Waals surface area (Å²) >= 11 is 0. The average Bonchev–Trinajstić information content (AvgIpc) is 3.06. The van der Waals surface area contributed by atoms with Gasteiger partial charge in [0.05, 0.1) is 10.5 Å². The SMILES string of the molecule is CC1(CNS(=O)(=O)c2ccc(C(=O)O)cc2)CC1. The van der Waals surface area contributed by atoms with E-state index in [4.69, 9.17) is 5.11 Å². The summed E-state index contributed by atoms with van der Waals surface area (Å²) in [6.45, 7) is 2.46. The first-order valence-corrected chi connectivity index (χ1v) is 7.14. The van der Waals surface area contributed by atoms with Crippen LogP contribution in [0.1, 0.15) is 30.1 Å². The predicted octanol–water partition coefficient (Wildman–Crippen LogP) is 1.46. The Morgan fingerprint density at radius 2 is 1.89 bits per heavy atom. The Bertz CT molecular complexity index is 558. The zero-order valence-corrected chi connectivity index (χ0v) is 10.8. The molecule has 2 rings (SSSR count). The molecule has 1 aromatic rings. The molecule has 0 bridgehead atoms. The summed E-state index contributed by atoms with van der Waals surface area (Å²) in [7, 11) is -3.54. The van der Waals surface area contributed by atoms with Crippen molar-refractivity contribution in [3.8, 4) is 0 Å². The maximum Gasteiger partial charge on any atom is 0.335 e. The van der Waals surface area contributed by atoms with Crippen LogP contribution >= 0.6 is 0 Å². The summed E-state index contributed by atoms with van der Waals surface area (Å²) in [5.74, 6) is -1.07. The third-order valence-corrected chi connectivity index (χ3v) is 4.62. The second-order valence-corrected chi connectivity index (χ2v) is 6.73. The summed E-state index contributed by atoms with van der Waals surface area (Å²) in [6, 6.07) is 5.19. The highest BCUT2D eigenvalue weighted by atomic mass is 32.2. The van der Waals surface area contributed by atoms with Crippen molar-refractivity contribution in [2.45, 2.75) is 24.7 Å². The Kier molecular flexibility index (Phi) is 3.16. The lowest BCUT2D eigenvalue weighted by Crippen LogP contribution is -2.29. The third kappa shape index (κ3) is 2.88. The summed E-state index contributed by atoms with van der Waals surface area (Å²) < 4.78 is 26.4. The van der Waals surface area contributed by atoms with E-state index in [1.807, 2.05) is 6.92 Å². The van der Waals surface area contributed by atoms with Crippen LogP contribution in [0.3, 0.4) is 0 Å². The molecule has 0 radical (unpaired) electrons. The van der Waals surface area contributed by atoms with Crippen LogP contribution in [0.2, 0.25) is 0 Å². The number of carboxylic acids is 1. The van der Waals surface area contributed by atoms with E-state index in [9.17, 15) is 13.2 Å². The summed E-state index contributed by atoms with van der Waals surface area (Å²) in [6.07, 6.45) is 2.07. The highest BCUT2D eigenvalue weighted by Crippen LogP contribution is 2.44. The van der Waals surface area contributed by atoms with E-state index < -0.39 is 16.0 Å². The van der Waals surface area contributed by atoms with Crippen molar-refractivity contribution in [1.29, 1.82) is 0 Å². The molecule has 1 aromatic carbocycles. The fourth-order valence-electron chi connectivity index (χ4n) is 1.52. The van der Waals surface area contributed by atoms with Crippen molar-refractivity contribution >= 4 is 16.0 Å². The number of hydrogen-bond donors (Lipinski definition) is 2. The van der Waals surface area contributed by atoms with Gasteiger partial charge in [-0.25, -0.2) is 17.9 Å². The number of benzene rings is 1. The average molecular weight is 269 g/mol. The van der Waals surface area contributed by atoms with Gasteiger partial charge >= 0.3 is 5.97 Å². The monoisotopic (exact) mass is 269 g/mol. The van der Waals surface area contributed by atoms with Crippen LogP contribution in [-0.4, -0.2) is 26.0 Å². The smallest absolute Gasteiger partial charge is 0.335 e. The molecular weight excluding hydrogens is 254 g/mol. The van der Waals surface area contributed by atoms with E-state index in [-0.39, 0.29) is 15.9 Å². The van der Waals surface area contributed by atoms with Gasteiger partial charge in [-0.3, -0.25) is 0 Å². The Morgan fingerprint density at radius 1 is 1.33 bits per heavy atom. The zero-order chi connectivity index (χ0) is 13.4. The number of rotatable bonds is 5. The van der Waals surface area contributed by atoms with E-state index in [2.05, 4.69) is 4.72 Å². The Labute approximate surface area is 106 Å². The lowest BCUT2D eigenvalue weighted by Gasteiger charge is -2.10. The molecule has 1 fully saturated rings. The number of hydrogen-bond acceptors (Lipinski definition) is 3. The van der Waals surface area contributed by atoms with Crippen molar-refractivity contribution in [3.63, 3.8) is 0 Å². The quantitative estimate of drug-likeness (QED) is 0.847. The second kappa shape index (κ2) is 4.37. The maximum absolute atomic E-state index is 11.9. The molecule has 0 atom stereocenters. The van der Waals surface area contributed by atoms with Crippen LogP contribution < -0.4 is 4.72 Å². The minimum atomic E-state index is -3.54. The fourth-order valence-corrected chi connectivity index (χ4v) is 2.72. The van der Waals surface area contributed by atoms with Crippen molar-refractivity contribution in [1.82, 2.24) is 4.72 Å². The topological polar surface area (TPSA) is 83.5 Å². The van der Waals surface area contributed by atoms with Crippen LogP contribution in [0.4, 0.5) is 0 Å². The molecule has 5 nitrogen and oxygen atoms in total. The van der Waals surface area contributed by atoms with Gasteiger partial charge in [-0.1, -0.05) is 6.92 Å². The summed E-state index contributed by atoms with van der Waals surface area (Å²) in [5, 5.41) is 8.73. The molecule has 0 aromatic heterocycles. The van der Waals surface area contributed by atoms with Crippen molar-refractivity contribution < 1.29 is 18.3 Å². The van der Waals surface area contributed by atoms with Crippen LogP contribution in [0.15, 0.2) is 29.2 Å². The molecule has 0 amide bonds. The van der Waals surface area contributed by atoms with E-state index in [0.717, 1.165) is 12.8 Å². The Morgan fingerprint density at radius 3 is 2.33 bits per heavy atom. The molecule has 98 valence electrons. The molecule has 0 saturated heterocycles. The van der Waals surface area contributed by atoms with Gasteiger partial charge in [-0.05, 0) is 42.5 Å². The molecule has 0 heterocycles. The second-order valence-electron chi connectivity index (χ2n) is 4.96. The first-order chi connectivity index (χ1) is 8.32. The van der Waals surface area contributed by atoms with E-state index in [1.165, 1.54) is 24.3 Å². The molecule has 1 aliphatic carbocycles. The highest BCUT2D eigenvalue weighted by molar-refractivity contribution is 7.89. The van der Waals surface area contributed by atoms with Crippen LogP contribution in [0.5, 0.6) is 0 Å².